The Hall–Kier alpha value is -5.84. The summed E-state index contributed by atoms with van der Waals surface area (Å²) in [4.78, 5) is 23.4. The molecule has 24 heteroatoms. The van der Waals surface area contributed by atoms with Gasteiger partial charge >= 0.3 is 49.0 Å². The SMILES string of the molecule is CC(C)C[C@@H](C(=O)O)c1cc(OCC(F)(F)F)c(-c2ccc(C(F)(F)F)cc2)c(C(F)(F)F)c1.CC(C)C[C@H](C(=O)O)c1cc(OCC(F)(F)F)c(-c2ccc(C(F)(F)F)cc2)c(C(F)(F)F)c1. The number of rotatable bonds is 14. The molecule has 6 nitrogen and oxygen atoms in total. The summed E-state index contributed by atoms with van der Waals surface area (Å²) >= 11 is 0. The highest BCUT2D eigenvalue weighted by molar-refractivity contribution is 5.81. The van der Waals surface area contributed by atoms with Crippen LogP contribution in [0.4, 0.5) is 79.0 Å². The monoisotopic (exact) mass is 1000 g/mol. The molecule has 4 aromatic rings. The van der Waals surface area contributed by atoms with E-state index < -0.39 is 141 Å². The van der Waals surface area contributed by atoms with E-state index in [4.69, 9.17) is 0 Å². The third-order valence-electron chi connectivity index (χ3n) is 9.46. The lowest BCUT2D eigenvalue weighted by atomic mass is 9.86. The van der Waals surface area contributed by atoms with Gasteiger partial charge in [0.2, 0.25) is 0 Å². The molecule has 0 saturated heterocycles. The summed E-state index contributed by atoms with van der Waals surface area (Å²) in [6, 6.07) is 7.11. The fraction of sp³-hybridized carbons (Fsp3) is 0.409. The summed E-state index contributed by atoms with van der Waals surface area (Å²) < 4.78 is 247. The van der Waals surface area contributed by atoms with E-state index in [2.05, 4.69) is 9.47 Å². The second-order valence-corrected chi connectivity index (χ2v) is 15.9. The molecule has 0 saturated carbocycles. The molecule has 4 rings (SSSR count). The Bertz CT molecular complexity index is 2170. The minimum Gasteiger partial charge on any atom is -0.483 e. The zero-order valence-corrected chi connectivity index (χ0v) is 35.4. The molecular formula is C44H38F18O6. The number of carboxylic acids is 2. The Morgan fingerprint density at radius 3 is 0.941 bits per heavy atom. The van der Waals surface area contributed by atoms with Gasteiger partial charge in [-0.3, -0.25) is 9.59 Å². The van der Waals surface area contributed by atoms with Crippen LogP contribution in [-0.2, 0) is 34.3 Å². The van der Waals surface area contributed by atoms with Crippen LogP contribution >= 0.6 is 0 Å². The predicted molar refractivity (Wildman–Crippen MR) is 207 cm³/mol. The van der Waals surface area contributed by atoms with Crippen molar-refractivity contribution < 1.29 is 108 Å². The number of alkyl halides is 18. The highest BCUT2D eigenvalue weighted by Crippen LogP contribution is 2.48. The largest absolute Gasteiger partial charge is 0.483 e. The molecule has 68 heavy (non-hydrogen) atoms. The van der Waals surface area contributed by atoms with Crippen LogP contribution in [0.25, 0.3) is 22.3 Å². The van der Waals surface area contributed by atoms with Crippen molar-refractivity contribution in [1.29, 1.82) is 0 Å². The van der Waals surface area contributed by atoms with Gasteiger partial charge in [0.25, 0.3) is 0 Å². The van der Waals surface area contributed by atoms with E-state index in [1.165, 1.54) is 0 Å². The summed E-state index contributed by atoms with van der Waals surface area (Å²) in [6.45, 7) is 2.44. The molecule has 0 aliphatic rings. The number of aliphatic carboxylic acids is 2. The van der Waals surface area contributed by atoms with Gasteiger partial charge in [-0.2, -0.15) is 79.0 Å². The number of ether oxygens (including phenoxy) is 2. The van der Waals surface area contributed by atoms with E-state index in [0.717, 1.165) is 12.1 Å². The van der Waals surface area contributed by atoms with Crippen molar-refractivity contribution in [2.75, 3.05) is 13.2 Å². The highest BCUT2D eigenvalue weighted by atomic mass is 19.4. The lowest BCUT2D eigenvalue weighted by Gasteiger charge is -2.23. The molecule has 2 N–H and O–H groups in total. The average molecular weight is 1000 g/mol. The summed E-state index contributed by atoms with van der Waals surface area (Å²) in [5.74, 6) is -8.44. The molecule has 0 unspecified atom stereocenters. The van der Waals surface area contributed by atoms with Gasteiger partial charge in [0, 0.05) is 11.1 Å². The Morgan fingerprint density at radius 2 is 0.735 bits per heavy atom. The molecule has 0 bridgehead atoms. The standard InChI is InChI=1S/2C22H19F9O3/c2*1-11(2)7-15(19(32)33)13-8-16(22(29,30)31)18(17(9-13)34-10-20(23,24)25)12-3-5-14(6-4-12)21(26,27)28/h2*3-6,8-9,11,15H,7,10H2,1-2H3,(H,32,33)/t2*15-/m10/s1. The van der Waals surface area contributed by atoms with Crippen molar-refractivity contribution in [3.8, 4) is 33.8 Å². The quantitative estimate of drug-likeness (QED) is 0.122. The molecular weight excluding hydrogens is 966 g/mol. The molecule has 0 aliphatic carbocycles. The summed E-state index contributed by atoms with van der Waals surface area (Å²) in [7, 11) is 0. The van der Waals surface area contributed by atoms with Crippen molar-refractivity contribution in [2.45, 2.75) is 89.4 Å². The van der Waals surface area contributed by atoms with Gasteiger partial charge in [-0.15, -0.1) is 0 Å². The number of benzene rings is 4. The first kappa shape index (κ1) is 56.5. The molecule has 4 aromatic carbocycles. The first-order valence-electron chi connectivity index (χ1n) is 19.5. The molecule has 0 aromatic heterocycles. The van der Waals surface area contributed by atoms with Crippen molar-refractivity contribution in [2.24, 2.45) is 11.8 Å². The topological polar surface area (TPSA) is 93.1 Å². The zero-order valence-electron chi connectivity index (χ0n) is 35.4. The third kappa shape index (κ3) is 16.2. The van der Waals surface area contributed by atoms with Crippen LogP contribution in [0, 0.1) is 11.8 Å². The molecule has 0 spiro atoms. The Morgan fingerprint density at radius 1 is 0.456 bits per heavy atom. The highest BCUT2D eigenvalue weighted by Gasteiger charge is 2.41. The van der Waals surface area contributed by atoms with E-state index in [0.29, 0.717) is 60.7 Å². The number of hydrogen-bond acceptors (Lipinski definition) is 4. The molecule has 0 amide bonds. The molecule has 2 atom stereocenters. The van der Waals surface area contributed by atoms with Crippen molar-refractivity contribution in [1.82, 2.24) is 0 Å². The van der Waals surface area contributed by atoms with Gasteiger partial charge in [-0.25, -0.2) is 0 Å². The second kappa shape index (κ2) is 21.2. The van der Waals surface area contributed by atoms with Crippen LogP contribution in [0.5, 0.6) is 11.5 Å². The van der Waals surface area contributed by atoms with Crippen LogP contribution in [0.2, 0.25) is 0 Å². The molecule has 0 aliphatic heterocycles. The fourth-order valence-electron chi connectivity index (χ4n) is 6.62. The summed E-state index contributed by atoms with van der Waals surface area (Å²) in [5.41, 5.74) is -9.13. The van der Waals surface area contributed by atoms with Gasteiger partial charge < -0.3 is 19.7 Å². The maximum absolute atomic E-state index is 14.0. The molecule has 0 fully saturated rings. The van der Waals surface area contributed by atoms with Gasteiger partial charge in [0.15, 0.2) is 13.2 Å². The van der Waals surface area contributed by atoms with Crippen LogP contribution in [-0.4, -0.2) is 47.7 Å². The van der Waals surface area contributed by atoms with Crippen LogP contribution < -0.4 is 9.47 Å². The average Bonchev–Trinajstić information content (AvgIpc) is 3.18. The van der Waals surface area contributed by atoms with E-state index in [1.807, 2.05) is 0 Å². The Balaban J connectivity index is 0.000000360. The van der Waals surface area contributed by atoms with Gasteiger partial charge in [0.1, 0.15) is 11.5 Å². The summed E-state index contributed by atoms with van der Waals surface area (Å²) in [5, 5.41) is 19.0. The normalized spacial score (nSPS) is 13.8. The second-order valence-electron chi connectivity index (χ2n) is 15.9. The minimum atomic E-state index is -5.19. The maximum atomic E-state index is 14.0. The van der Waals surface area contributed by atoms with E-state index >= 15 is 0 Å². The van der Waals surface area contributed by atoms with Crippen LogP contribution in [0.3, 0.4) is 0 Å². The number of halogens is 18. The van der Waals surface area contributed by atoms with Crippen LogP contribution in [0.15, 0.2) is 72.8 Å². The number of hydrogen-bond donors (Lipinski definition) is 2. The number of carboxylic acid groups (broad SMARTS) is 2. The first-order chi connectivity index (χ1) is 30.8. The molecule has 376 valence electrons. The van der Waals surface area contributed by atoms with Gasteiger partial charge in [-0.1, -0.05) is 52.0 Å². The summed E-state index contributed by atoms with van der Waals surface area (Å²) in [6.07, 6.45) is -30.1. The van der Waals surface area contributed by atoms with E-state index in [1.54, 1.807) is 27.7 Å². The van der Waals surface area contributed by atoms with Crippen LogP contribution in [0.1, 0.15) is 85.8 Å². The lowest BCUT2D eigenvalue weighted by Crippen LogP contribution is -2.21. The molecule has 0 radical (unpaired) electrons. The fourth-order valence-corrected chi connectivity index (χ4v) is 6.62. The van der Waals surface area contributed by atoms with Gasteiger partial charge in [0.05, 0.1) is 34.1 Å². The van der Waals surface area contributed by atoms with Gasteiger partial charge in [-0.05, 0) is 95.5 Å². The minimum absolute atomic E-state index is 0.120. The first-order valence-corrected chi connectivity index (χ1v) is 19.5. The lowest BCUT2D eigenvalue weighted by molar-refractivity contribution is -0.154. The maximum Gasteiger partial charge on any atom is 0.422 e. The Kier molecular flexibility index (Phi) is 17.6. The zero-order chi connectivity index (χ0) is 52.1. The van der Waals surface area contributed by atoms with Crippen molar-refractivity contribution >= 4 is 11.9 Å². The van der Waals surface area contributed by atoms with Crippen molar-refractivity contribution in [3.63, 3.8) is 0 Å². The number of carbonyl (C=O) groups is 2. The van der Waals surface area contributed by atoms with E-state index in [9.17, 15) is 98.8 Å². The smallest absolute Gasteiger partial charge is 0.422 e. The predicted octanol–water partition coefficient (Wildman–Crippen LogP) is 15.1. The molecule has 0 heterocycles. The van der Waals surface area contributed by atoms with E-state index in [-0.39, 0.29) is 24.7 Å². The third-order valence-corrected chi connectivity index (χ3v) is 9.46. The van der Waals surface area contributed by atoms with Crippen molar-refractivity contribution in [3.05, 3.63) is 106 Å². The Labute approximate surface area is 374 Å².